The molecule has 0 saturated heterocycles. The van der Waals surface area contributed by atoms with E-state index in [-0.39, 0.29) is 27.1 Å². The van der Waals surface area contributed by atoms with E-state index in [0.29, 0.717) is 0 Å². The Balaban J connectivity index is 1.23. The molecule has 0 spiro atoms. The first-order chi connectivity index (χ1) is 27.4. The van der Waals surface area contributed by atoms with Crippen molar-refractivity contribution in [2.45, 2.75) is 124 Å². The molecule has 1 aliphatic rings. The van der Waals surface area contributed by atoms with Gasteiger partial charge >= 0.3 is 0 Å². The summed E-state index contributed by atoms with van der Waals surface area (Å²) in [5.41, 5.74) is 17.9. The van der Waals surface area contributed by atoms with Crippen LogP contribution in [0.4, 0.5) is 11.4 Å². The fourth-order valence-electron chi connectivity index (χ4n) is 9.41. The highest BCUT2D eigenvalue weighted by molar-refractivity contribution is 14.1. The zero-order chi connectivity index (χ0) is 42.4. The van der Waals surface area contributed by atoms with Crippen molar-refractivity contribution in [2.75, 3.05) is 3.11 Å². The van der Waals surface area contributed by atoms with Gasteiger partial charge in [-0.25, -0.2) is 0 Å². The van der Waals surface area contributed by atoms with E-state index in [4.69, 9.17) is 0 Å². The Hall–Kier alpha value is -4.55. The van der Waals surface area contributed by atoms with Crippen LogP contribution in [0.15, 0.2) is 109 Å². The average Bonchev–Trinajstić information content (AvgIpc) is 3.67. The van der Waals surface area contributed by atoms with Crippen LogP contribution in [0.25, 0.3) is 55.0 Å². The van der Waals surface area contributed by atoms with Gasteiger partial charge in [-0.1, -0.05) is 121 Å². The van der Waals surface area contributed by atoms with Crippen molar-refractivity contribution < 1.29 is 0 Å². The Morgan fingerprint density at radius 3 is 0.898 bits per heavy atom. The number of hydrogen-bond acceptors (Lipinski definition) is 1. The standard InChI is InChI=1S/C55H60IN3/c1-51(2,3)33-15-21-45-39(27-33)40-28-34(52(4,5)6)16-22-46(40)57(45)37-19-25-49-43(31-37)55(13,14)44-32-38(20-26-50(44)59(49)56)58-47-23-17-35(53(7,8)9)29-41(47)42-30-36(54(10,11)12)18-24-48(42)58/h15-32H,1-14H3. The lowest BCUT2D eigenvalue weighted by Gasteiger charge is -2.39. The summed E-state index contributed by atoms with van der Waals surface area (Å²) in [6.07, 6.45) is 0. The van der Waals surface area contributed by atoms with E-state index in [9.17, 15) is 0 Å². The van der Waals surface area contributed by atoms with Gasteiger partial charge in [-0.3, -0.25) is 3.11 Å². The number of nitrogens with zero attached hydrogens (tertiary/aromatic N) is 3. The number of aromatic nitrogens is 2. The van der Waals surface area contributed by atoms with Crippen LogP contribution < -0.4 is 3.11 Å². The van der Waals surface area contributed by atoms with Gasteiger partial charge in [0.05, 0.1) is 56.3 Å². The highest BCUT2D eigenvalue weighted by atomic mass is 127. The van der Waals surface area contributed by atoms with Gasteiger partial charge in [0.2, 0.25) is 0 Å². The summed E-state index contributed by atoms with van der Waals surface area (Å²) in [6, 6.07) is 42.7. The molecule has 6 aromatic carbocycles. The summed E-state index contributed by atoms with van der Waals surface area (Å²) in [5, 5.41) is 5.26. The van der Waals surface area contributed by atoms with Crippen LogP contribution in [0.2, 0.25) is 0 Å². The Bertz CT molecular complexity index is 2670. The van der Waals surface area contributed by atoms with Crippen LogP contribution in [0.1, 0.15) is 130 Å². The summed E-state index contributed by atoms with van der Waals surface area (Å²) in [7, 11) is 0. The molecule has 2 aromatic heterocycles. The lowest BCUT2D eigenvalue weighted by molar-refractivity contribution is 0.590. The predicted octanol–water partition coefficient (Wildman–Crippen LogP) is 16.2. The van der Waals surface area contributed by atoms with Gasteiger partial charge in [0, 0.05) is 38.3 Å². The van der Waals surface area contributed by atoms with E-state index in [1.807, 2.05) is 0 Å². The van der Waals surface area contributed by atoms with Crippen molar-refractivity contribution in [3.05, 3.63) is 143 Å². The molecule has 0 saturated carbocycles. The molecule has 59 heavy (non-hydrogen) atoms. The first kappa shape index (κ1) is 39.9. The normalized spacial score (nSPS) is 14.8. The van der Waals surface area contributed by atoms with Gasteiger partial charge in [0.25, 0.3) is 0 Å². The van der Waals surface area contributed by atoms with Crippen molar-refractivity contribution >= 4 is 77.9 Å². The molecule has 0 amide bonds. The topological polar surface area (TPSA) is 13.1 Å². The quantitative estimate of drug-likeness (QED) is 0.124. The second-order valence-electron chi connectivity index (χ2n) is 21.9. The van der Waals surface area contributed by atoms with Crippen LogP contribution in [0, 0.1) is 0 Å². The zero-order valence-corrected chi connectivity index (χ0v) is 39.8. The highest BCUT2D eigenvalue weighted by Crippen LogP contribution is 2.52. The van der Waals surface area contributed by atoms with E-state index >= 15 is 0 Å². The number of anilines is 2. The SMILES string of the molecule is CC(C)(C)c1ccc2c(c1)c1cc(C(C)(C)C)ccc1n2-c1ccc2c(c1)C(C)(C)c1cc(-n3c4ccc(C(C)(C)C)cc4c4cc(C(C)(C)C)ccc43)ccc1N2I. The van der Waals surface area contributed by atoms with Crippen molar-refractivity contribution in [1.82, 2.24) is 9.13 Å². The molecule has 1 aliphatic heterocycles. The van der Waals surface area contributed by atoms with Gasteiger partial charge in [0.1, 0.15) is 0 Å². The Morgan fingerprint density at radius 1 is 0.373 bits per heavy atom. The summed E-state index contributed by atoms with van der Waals surface area (Å²) >= 11 is 2.53. The molecular weight excluding hydrogens is 830 g/mol. The number of hydrogen-bond donors (Lipinski definition) is 0. The van der Waals surface area contributed by atoms with Crippen LogP contribution >= 0.6 is 22.9 Å². The predicted molar refractivity (Wildman–Crippen MR) is 265 cm³/mol. The van der Waals surface area contributed by atoms with E-state index in [2.05, 4.69) is 241 Å². The lowest BCUT2D eigenvalue weighted by atomic mass is 9.74. The molecule has 0 unspecified atom stereocenters. The third-order valence-corrected chi connectivity index (χ3v) is 14.3. The molecule has 0 fully saturated rings. The summed E-state index contributed by atoms with van der Waals surface area (Å²) in [6.45, 7) is 32.6. The third-order valence-electron chi connectivity index (χ3n) is 13.2. The fourth-order valence-corrected chi connectivity index (χ4v) is 10.3. The molecule has 9 rings (SSSR count). The van der Waals surface area contributed by atoms with Crippen LogP contribution in [0.3, 0.4) is 0 Å². The summed E-state index contributed by atoms with van der Waals surface area (Å²) in [5.74, 6) is 0. The highest BCUT2D eigenvalue weighted by Gasteiger charge is 2.37. The van der Waals surface area contributed by atoms with Gasteiger partial charge in [0.15, 0.2) is 0 Å². The first-order valence-corrected chi connectivity index (χ1v) is 22.4. The third kappa shape index (κ3) is 6.33. The molecule has 0 atom stereocenters. The molecule has 0 aliphatic carbocycles. The van der Waals surface area contributed by atoms with Crippen LogP contribution in [-0.4, -0.2) is 9.13 Å². The van der Waals surface area contributed by atoms with Crippen molar-refractivity contribution in [1.29, 1.82) is 0 Å². The molecule has 0 radical (unpaired) electrons. The number of fused-ring (bicyclic) bond motifs is 8. The maximum absolute atomic E-state index is 2.53. The van der Waals surface area contributed by atoms with Gasteiger partial charge in [-0.2, -0.15) is 0 Å². The zero-order valence-electron chi connectivity index (χ0n) is 37.6. The lowest BCUT2D eigenvalue weighted by Crippen LogP contribution is -2.29. The first-order valence-electron chi connectivity index (χ1n) is 21.4. The Labute approximate surface area is 365 Å². The van der Waals surface area contributed by atoms with E-state index in [1.165, 1.54) is 99.7 Å². The number of benzene rings is 6. The van der Waals surface area contributed by atoms with Crippen LogP contribution in [-0.2, 0) is 27.1 Å². The van der Waals surface area contributed by atoms with Crippen LogP contribution in [0.5, 0.6) is 0 Å². The largest absolute Gasteiger partial charge is 0.309 e. The number of rotatable bonds is 2. The van der Waals surface area contributed by atoms with E-state index < -0.39 is 0 Å². The summed E-state index contributed by atoms with van der Waals surface area (Å²) in [4.78, 5) is 0. The molecule has 0 bridgehead atoms. The maximum atomic E-state index is 2.53. The second kappa shape index (κ2) is 13.0. The van der Waals surface area contributed by atoms with Crippen molar-refractivity contribution in [3.8, 4) is 11.4 Å². The molecule has 8 aromatic rings. The van der Waals surface area contributed by atoms with E-state index in [0.717, 1.165) is 0 Å². The molecule has 4 heteroatoms. The Kier molecular flexibility index (Phi) is 8.77. The van der Waals surface area contributed by atoms with Gasteiger partial charge < -0.3 is 9.13 Å². The van der Waals surface area contributed by atoms with Gasteiger partial charge in [-0.05, 0) is 140 Å². The monoisotopic (exact) mass is 889 g/mol. The maximum Gasteiger partial charge on any atom is 0.0646 e. The van der Waals surface area contributed by atoms with E-state index in [1.54, 1.807) is 0 Å². The van der Waals surface area contributed by atoms with Crippen molar-refractivity contribution in [3.63, 3.8) is 0 Å². The average molecular weight is 890 g/mol. The number of halogens is 1. The molecule has 302 valence electrons. The molecular formula is C55H60IN3. The Morgan fingerprint density at radius 2 is 0.644 bits per heavy atom. The van der Waals surface area contributed by atoms with Crippen molar-refractivity contribution in [2.24, 2.45) is 0 Å². The minimum Gasteiger partial charge on any atom is -0.309 e. The molecule has 0 N–H and O–H groups in total. The molecule has 3 nitrogen and oxygen atoms in total. The second-order valence-corrected chi connectivity index (χ2v) is 22.9. The summed E-state index contributed by atoms with van der Waals surface area (Å²) < 4.78 is 7.37. The fraction of sp³-hybridized carbons (Fsp3) is 0.345. The minimum absolute atomic E-state index is 0.0556. The minimum atomic E-state index is -0.270. The smallest absolute Gasteiger partial charge is 0.0646 e. The van der Waals surface area contributed by atoms with Gasteiger partial charge in [-0.15, -0.1) is 0 Å². The molecule has 3 heterocycles.